The van der Waals surface area contributed by atoms with E-state index < -0.39 is 0 Å². The molecule has 2 nitrogen and oxygen atoms in total. The van der Waals surface area contributed by atoms with E-state index in [1.54, 1.807) is 12.1 Å². The Morgan fingerprint density at radius 1 is 1.41 bits per heavy atom. The summed E-state index contributed by atoms with van der Waals surface area (Å²) in [4.78, 5) is 0. The fourth-order valence-corrected chi connectivity index (χ4v) is 1.54. The van der Waals surface area contributed by atoms with Crippen LogP contribution in [0.3, 0.4) is 0 Å². The van der Waals surface area contributed by atoms with Crippen LogP contribution in [0.25, 0.3) is 0 Å². The smallest absolute Gasteiger partial charge is 0.0992 e. The van der Waals surface area contributed by atoms with Crippen LogP contribution in [-0.2, 0) is 0 Å². The van der Waals surface area contributed by atoms with Crippen LogP contribution in [0.4, 0.5) is 5.69 Å². The highest BCUT2D eigenvalue weighted by Gasteiger charge is 2.19. The van der Waals surface area contributed by atoms with Gasteiger partial charge in [0.05, 0.1) is 22.3 Å². The average Bonchev–Trinajstić information content (AvgIpc) is 2.25. The van der Waals surface area contributed by atoms with Crippen molar-refractivity contribution in [2.45, 2.75) is 27.7 Å². The maximum absolute atomic E-state index is 8.75. The van der Waals surface area contributed by atoms with Gasteiger partial charge in [-0.15, -0.1) is 0 Å². The maximum atomic E-state index is 8.75. The van der Waals surface area contributed by atoms with Crippen molar-refractivity contribution >= 4 is 17.3 Å². The summed E-state index contributed by atoms with van der Waals surface area (Å²) in [6, 6.07) is 7.39. The Bertz CT molecular complexity index is 427. The van der Waals surface area contributed by atoms with Gasteiger partial charge in [-0.1, -0.05) is 39.3 Å². The molecule has 0 bridgehead atoms. The Labute approximate surface area is 109 Å². The van der Waals surface area contributed by atoms with Gasteiger partial charge in [0.2, 0.25) is 0 Å². The summed E-state index contributed by atoms with van der Waals surface area (Å²) in [6.07, 6.45) is 0. The van der Waals surface area contributed by atoms with Crippen LogP contribution in [-0.4, -0.2) is 6.54 Å². The highest BCUT2D eigenvalue weighted by molar-refractivity contribution is 6.33. The van der Waals surface area contributed by atoms with Crippen molar-refractivity contribution in [3.63, 3.8) is 0 Å². The Morgan fingerprint density at radius 2 is 2.06 bits per heavy atom. The normalized spacial score (nSPS) is 12.9. The summed E-state index contributed by atoms with van der Waals surface area (Å²) in [5, 5.41) is 12.7. The molecule has 0 saturated carbocycles. The zero-order valence-corrected chi connectivity index (χ0v) is 11.6. The predicted octanol–water partition coefficient (Wildman–Crippen LogP) is 4.31. The predicted molar refractivity (Wildman–Crippen MR) is 73.3 cm³/mol. The molecule has 1 atom stereocenters. The van der Waals surface area contributed by atoms with E-state index >= 15 is 0 Å². The van der Waals surface area contributed by atoms with Crippen molar-refractivity contribution in [1.82, 2.24) is 0 Å². The van der Waals surface area contributed by atoms with Gasteiger partial charge < -0.3 is 5.32 Å². The fraction of sp³-hybridized carbons (Fsp3) is 0.500. The molecule has 0 aliphatic rings. The number of rotatable bonds is 3. The van der Waals surface area contributed by atoms with Crippen molar-refractivity contribution in [3.8, 4) is 6.07 Å². The number of hydrogen-bond acceptors (Lipinski definition) is 2. The van der Waals surface area contributed by atoms with Crippen LogP contribution in [0.2, 0.25) is 5.02 Å². The number of halogens is 1. The van der Waals surface area contributed by atoms with E-state index in [-0.39, 0.29) is 5.41 Å². The minimum absolute atomic E-state index is 0.270. The van der Waals surface area contributed by atoms with Gasteiger partial charge in [0.1, 0.15) is 0 Å². The minimum atomic E-state index is 0.270. The SMILES string of the molecule is CC(CNc1ccc(C#N)cc1Cl)C(C)(C)C. The first-order valence-electron chi connectivity index (χ1n) is 5.78. The zero-order chi connectivity index (χ0) is 13.1. The number of benzene rings is 1. The van der Waals surface area contributed by atoms with Gasteiger partial charge in [-0.05, 0) is 29.5 Å². The molecule has 0 aliphatic carbocycles. The lowest BCUT2D eigenvalue weighted by atomic mass is 9.82. The van der Waals surface area contributed by atoms with Crippen LogP contribution in [0, 0.1) is 22.7 Å². The number of hydrogen-bond donors (Lipinski definition) is 1. The molecule has 0 aliphatic heterocycles. The van der Waals surface area contributed by atoms with Gasteiger partial charge in [-0.2, -0.15) is 5.26 Å². The second-order valence-electron chi connectivity index (χ2n) is 5.45. The minimum Gasteiger partial charge on any atom is -0.384 e. The van der Waals surface area contributed by atoms with Crippen molar-refractivity contribution < 1.29 is 0 Å². The van der Waals surface area contributed by atoms with Crippen LogP contribution in [0.5, 0.6) is 0 Å². The van der Waals surface area contributed by atoms with Crippen LogP contribution < -0.4 is 5.32 Å². The summed E-state index contributed by atoms with van der Waals surface area (Å²) < 4.78 is 0. The highest BCUT2D eigenvalue weighted by Crippen LogP contribution is 2.27. The quantitative estimate of drug-likeness (QED) is 0.868. The molecule has 0 heterocycles. The molecule has 17 heavy (non-hydrogen) atoms. The molecule has 0 spiro atoms. The van der Waals surface area contributed by atoms with Crippen LogP contribution >= 0.6 is 11.6 Å². The molecule has 1 unspecified atom stereocenters. The van der Waals surface area contributed by atoms with Gasteiger partial charge in [0.15, 0.2) is 0 Å². The molecule has 0 aromatic heterocycles. The first-order valence-corrected chi connectivity index (χ1v) is 6.16. The molecule has 3 heteroatoms. The van der Waals surface area contributed by atoms with Gasteiger partial charge in [0, 0.05) is 6.54 Å². The van der Waals surface area contributed by atoms with Crippen molar-refractivity contribution in [1.29, 1.82) is 5.26 Å². The van der Waals surface area contributed by atoms with Crippen LogP contribution in [0.1, 0.15) is 33.3 Å². The highest BCUT2D eigenvalue weighted by atomic mass is 35.5. The number of nitrogens with one attached hydrogen (secondary N) is 1. The third kappa shape index (κ3) is 3.94. The molecule has 1 rings (SSSR count). The second-order valence-corrected chi connectivity index (χ2v) is 5.86. The van der Waals surface area contributed by atoms with E-state index in [0.717, 1.165) is 12.2 Å². The third-order valence-electron chi connectivity index (χ3n) is 3.18. The summed E-state index contributed by atoms with van der Waals surface area (Å²) >= 11 is 6.09. The summed E-state index contributed by atoms with van der Waals surface area (Å²) in [7, 11) is 0. The van der Waals surface area contributed by atoms with Gasteiger partial charge >= 0.3 is 0 Å². The Balaban J connectivity index is 2.68. The lowest BCUT2D eigenvalue weighted by Crippen LogP contribution is -2.24. The molecular formula is C14H19ClN2. The third-order valence-corrected chi connectivity index (χ3v) is 3.49. The molecule has 1 aromatic carbocycles. The molecule has 0 amide bonds. The monoisotopic (exact) mass is 250 g/mol. The summed E-state index contributed by atoms with van der Waals surface area (Å²) in [5.74, 6) is 0.536. The molecule has 1 aromatic rings. The van der Waals surface area contributed by atoms with E-state index in [4.69, 9.17) is 16.9 Å². The van der Waals surface area contributed by atoms with E-state index in [9.17, 15) is 0 Å². The first kappa shape index (κ1) is 13.9. The molecule has 1 N–H and O–H groups in total. The number of nitrogens with zero attached hydrogens (tertiary/aromatic N) is 1. The molecule has 0 radical (unpaired) electrons. The Morgan fingerprint density at radius 3 is 2.53 bits per heavy atom. The topological polar surface area (TPSA) is 35.8 Å². The largest absolute Gasteiger partial charge is 0.384 e. The Hall–Kier alpha value is -1.20. The molecular weight excluding hydrogens is 232 g/mol. The standard InChI is InChI=1S/C14H19ClN2/c1-10(14(2,3)4)9-17-13-6-5-11(8-16)7-12(13)15/h5-7,10,17H,9H2,1-4H3. The number of nitriles is 1. The lowest BCUT2D eigenvalue weighted by molar-refractivity contribution is 0.274. The number of anilines is 1. The molecule has 92 valence electrons. The maximum Gasteiger partial charge on any atom is 0.0992 e. The lowest BCUT2D eigenvalue weighted by Gasteiger charge is -2.27. The van der Waals surface area contributed by atoms with Gasteiger partial charge in [-0.3, -0.25) is 0 Å². The van der Waals surface area contributed by atoms with E-state index in [1.807, 2.05) is 6.07 Å². The van der Waals surface area contributed by atoms with Crippen molar-refractivity contribution in [2.24, 2.45) is 11.3 Å². The summed E-state index contributed by atoms with van der Waals surface area (Å²) in [5.41, 5.74) is 1.75. The summed E-state index contributed by atoms with van der Waals surface area (Å²) in [6.45, 7) is 9.75. The zero-order valence-electron chi connectivity index (χ0n) is 10.8. The van der Waals surface area contributed by atoms with Crippen LogP contribution in [0.15, 0.2) is 18.2 Å². The first-order chi connectivity index (χ1) is 7.84. The van der Waals surface area contributed by atoms with Gasteiger partial charge in [0.25, 0.3) is 0 Å². The van der Waals surface area contributed by atoms with Crippen molar-refractivity contribution in [2.75, 3.05) is 11.9 Å². The van der Waals surface area contributed by atoms with Gasteiger partial charge in [-0.25, -0.2) is 0 Å². The van der Waals surface area contributed by atoms with Crippen molar-refractivity contribution in [3.05, 3.63) is 28.8 Å². The fourth-order valence-electron chi connectivity index (χ4n) is 1.30. The average molecular weight is 251 g/mol. The second kappa shape index (κ2) is 5.42. The molecule has 0 fully saturated rings. The Kier molecular flexibility index (Phi) is 4.42. The van der Waals surface area contributed by atoms with E-state index in [2.05, 4.69) is 39.1 Å². The molecule has 0 saturated heterocycles. The van der Waals surface area contributed by atoms with E-state index in [1.165, 1.54) is 0 Å². The van der Waals surface area contributed by atoms with E-state index in [0.29, 0.717) is 16.5 Å².